The first-order valence-electron chi connectivity index (χ1n) is 8.25. The third-order valence-electron chi connectivity index (χ3n) is 4.93. The van der Waals surface area contributed by atoms with Crippen LogP contribution in [0.3, 0.4) is 0 Å². The molecular formula is C19H20O5. The van der Waals surface area contributed by atoms with Gasteiger partial charge in [-0.25, -0.2) is 0 Å². The van der Waals surface area contributed by atoms with Gasteiger partial charge in [-0.1, -0.05) is 18.2 Å². The molecular weight excluding hydrogens is 308 g/mol. The summed E-state index contributed by atoms with van der Waals surface area (Å²) in [4.78, 5) is 24.5. The van der Waals surface area contributed by atoms with Crippen LogP contribution in [0.1, 0.15) is 49.2 Å². The lowest BCUT2D eigenvalue weighted by molar-refractivity contribution is -0.232. The molecule has 0 radical (unpaired) electrons. The molecule has 0 saturated carbocycles. The number of allylic oxidation sites excluding steroid dienone is 1. The Bertz CT molecular complexity index is 748. The number of ketones is 1. The smallest absolute Gasteiger partial charge is 0.303 e. The minimum absolute atomic E-state index is 0.0708. The first kappa shape index (κ1) is 15.4. The highest BCUT2D eigenvalue weighted by atomic mass is 16.7. The Hall–Kier alpha value is -2.14. The molecule has 1 heterocycles. The van der Waals surface area contributed by atoms with E-state index < -0.39 is 11.9 Å². The number of Topliss-reactive ketones (excluding diaryl/α,β-unsaturated/α-hetero) is 1. The lowest BCUT2D eigenvalue weighted by atomic mass is 9.66. The number of benzene rings is 1. The van der Waals surface area contributed by atoms with Gasteiger partial charge in [0.15, 0.2) is 5.78 Å². The van der Waals surface area contributed by atoms with E-state index in [4.69, 9.17) is 14.2 Å². The zero-order valence-electron chi connectivity index (χ0n) is 13.9. The third kappa shape index (κ3) is 2.26. The van der Waals surface area contributed by atoms with E-state index >= 15 is 0 Å². The average molecular weight is 328 g/mol. The van der Waals surface area contributed by atoms with Gasteiger partial charge in [0.25, 0.3) is 0 Å². The van der Waals surface area contributed by atoms with Crippen molar-refractivity contribution in [3.63, 3.8) is 0 Å². The van der Waals surface area contributed by atoms with Crippen LogP contribution in [0.5, 0.6) is 5.75 Å². The number of esters is 1. The monoisotopic (exact) mass is 328 g/mol. The van der Waals surface area contributed by atoms with Gasteiger partial charge in [0.05, 0.1) is 6.10 Å². The molecule has 126 valence electrons. The summed E-state index contributed by atoms with van der Waals surface area (Å²) in [7, 11) is 0. The van der Waals surface area contributed by atoms with E-state index in [1.165, 1.54) is 6.92 Å². The van der Waals surface area contributed by atoms with E-state index in [0.717, 1.165) is 5.56 Å². The topological polar surface area (TPSA) is 61.8 Å². The molecule has 3 aliphatic rings. The predicted molar refractivity (Wildman–Crippen MR) is 85.6 cm³/mol. The molecule has 4 atom stereocenters. The standard InChI is InChI=1S/C19H20O5/c1-10(20)22-13-8-4-6-11-15(13)18-16-12(17(11)21)7-5-9-14(16)23-19(2,3)24-18/h4-5,7-9,11,13,15,18H,6H2,1-3H3. The van der Waals surface area contributed by atoms with Crippen LogP contribution in [-0.4, -0.2) is 23.6 Å². The highest BCUT2D eigenvalue weighted by Gasteiger charge is 2.52. The largest absolute Gasteiger partial charge is 0.463 e. The Morgan fingerprint density at radius 1 is 1.33 bits per heavy atom. The molecule has 0 fully saturated rings. The predicted octanol–water partition coefficient (Wildman–Crippen LogP) is 3.19. The summed E-state index contributed by atoms with van der Waals surface area (Å²) in [6.07, 6.45) is 3.62. The highest BCUT2D eigenvalue weighted by molar-refractivity contribution is 6.01. The average Bonchev–Trinajstić information content (AvgIpc) is 2.50. The van der Waals surface area contributed by atoms with Gasteiger partial charge >= 0.3 is 5.97 Å². The molecule has 5 nitrogen and oxygen atoms in total. The number of carbonyl (C=O) groups is 2. The summed E-state index contributed by atoms with van der Waals surface area (Å²) in [5.41, 5.74) is 1.45. The summed E-state index contributed by atoms with van der Waals surface area (Å²) < 4.78 is 17.6. The van der Waals surface area contributed by atoms with Crippen molar-refractivity contribution < 1.29 is 23.8 Å². The zero-order chi connectivity index (χ0) is 17.1. The van der Waals surface area contributed by atoms with Crippen LogP contribution in [0.4, 0.5) is 0 Å². The van der Waals surface area contributed by atoms with Crippen molar-refractivity contribution >= 4 is 11.8 Å². The Morgan fingerprint density at radius 2 is 2.12 bits per heavy atom. The van der Waals surface area contributed by atoms with Crippen molar-refractivity contribution in [3.05, 3.63) is 41.5 Å². The second kappa shape index (κ2) is 5.18. The third-order valence-corrected chi connectivity index (χ3v) is 4.93. The normalized spacial score (nSPS) is 32.4. The molecule has 1 aromatic carbocycles. The molecule has 2 aliphatic carbocycles. The van der Waals surface area contributed by atoms with Gasteiger partial charge in [0.2, 0.25) is 5.79 Å². The second-order valence-electron chi connectivity index (χ2n) is 7.04. The maximum Gasteiger partial charge on any atom is 0.303 e. The Labute approximate surface area is 140 Å². The van der Waals surface area contributed by atoms with Gasteiger partial charge in [-0.2, -0.15) is 0 Å². The van der Waals surface area contributed by atoms with E-state index in [1.807, 2.05) is 44.2 Å². The van der Waals surface area contributed by atoms with Crippen LogP contribution in [0, 0.1) is 11.8 Å². The van der Waals surface area contributed by atoms with E-state index in [0.29, 0.717) is 17.7 Å². The summed E-state index contributed by atoms with van der Waals surface area (Å²) in [6, 6.07) is 5.53. The maximum atomic E-state index is 13.0. The summed E-state index contributed by atoms with van der Waals surface area (Å²) >= 11 is 0. The molecule has 0 bridgehead atoms. The fourth-order valence-corrected chi connectivity index (χ4v) is 4.11. The second-order valence-corrected chi connectivity index (χ2v) is 7.04. The molecule has 0 amide bonds. The van der Waals surface area contributed by atoms with Crippen LogP contribution < -0.4 is 4.74 Å². The minimum atomic E-state index is -0.802. The zero-order valence-corrected chi connectivity index (χ0v) is 13.9. The molecule has 1 aromatic rings. The number of carbonyl (C=O) groups excluding carboxylic acids is 2. The number of hydrogen-bond donors (Lipinski definition) is 0. The van der Waals surface area contributed by atoms with E-state index in [-0.39, 0.29) is 29.7 Å². The Balaban J connectivity index is 1.87. The van der Waals surface area contributed by atoms with Gasteiger partial charge < -0.3 is 14.2 Å². The van der Waals surface area contributed by atoms with E-state index in [2.05, 4.69) is 0 Å². The Kier molecular flexibility index (Phi) is 3.32. The van der Waals surface area contributed by atoms with Gasteiger partial charge in [-0.05, 0) is 18.6 Å². The summed E-state index contributed by atoms with van der Waals surface area (Å²) in [5.74, 6) is -0.894. The van der Waals surface area contributed by atoms with Crippen molar-refractivity contribution in [2.45, 2.75) is 45.2 Å². The van der Waals surface area contributed by atoms with Crippen LogP contribution in [0.2, 0.25) is 0 Å². The van der Waals surface area contributed by atoms with E-state index in [1.54, 1.807) is 0 Å². The molecule has 1 aliphatic heterocycles. The molecule has 0 saturated heterocycles. The van der Waals surface area contributed by atoms with Gasteiger partial charge in [-0.3, -0.25) is 9.59 Å². The molecule has 4 rings (SSSR count). The first-order chi connectivity index (χ1) is 11.4. The fraction of sp³-hybridized carbons (Fsp3) is 0.474. The van der Waals surface area contributed by atoms with Gasteiger partial charge in [-0.15, -0.1) is 0 Å². The first-order valence-corrected chi connectivity index (χ1v) is 8.25. The molecule has 0 aromatic heterocycles. The Morgan fingerprint density at radius 3 is 2.88 bits per heavy atom. The SMILES string of the molecule is CC(=O)OC1C=CCC2C(=O)c3cccc4c3C(OC(C)(C)O4)C12. The fourth-order valence-electron chi connectivity index (χ4n) is 4.11. The van der Waals surface area contributed by atoms with Crippen molar-refractivity contribution in [1.82, 2.24) is 0 Å². The maximum absolute atomic E-state index is 13.0. The van der Waals surface area contributed by atoms with Crippen LogP contribution in [0.25, 0.3) is 0 Å². The molecule has 0 spiro atoms. The highest BCUT2D eigenvalue weighted by Crippen LogP contribution is 2.53. The quantitative estimate of drug-likeness (QED) is 0.585. The van der Waals surface area contributed by atoms with Crippen LogP contribution in [-0.2, 0) is 14.3 Å². The summed E-state index contributed by atoms with van der Waals surface area (Å²) in [5, 5.41) is 0. The van der Waals surface area contributed by atoms with Crippen molar-refractivity contribution in [2.75, 3.05) is 0 Å². The van der Waals surface area contributed by atoms with E-state index in [9.17, 15) is 9.59 Å². The van der Waals surface area contributed by atoms with Crippen molar-refractivity contribution in [1.29, 1.82) is 0 Å². The van der Waals surface area contributed by atoms with Gasteiger partial charge in [0, 0.05) is 43.7 Å². The van der Waals surface area contributed by atoms with Crippen molar-refractivity contribution in [3.8, 4) is 5.75 Å². The lowest BCUT2D eigenvalue weighted by Gasteiger charge is -2.48. The number of rotatable bonds is 1. The lowest BCUT2D eigenvalue weighted by Crippen LogP contribution is -2.50. The number of fused-ring (bicyclic) bond motifs is 2. The minimum Gasteiger partial charge on any atom is -0.463 e. The van der Waals surface area contributed by atoms with Gasteiger partial charge in [0.1, 0.15) is 11.9 Å². The summed E-state index contributed by atoms with van der Waals surface area (Å²) in [6.45, 7) is 5.09. The molecule has 5 heteroatoms. The number of ether oxygens (including phenoxy) is 3. The number of hydrogen-bond acceptors (Lipinski definition) is 5. The molecule has 4 unspecified atom stereocenters. The van der Waals surface area contributed by atoms with Crippen LogP contribution >= 0.6 is 0 Å². The van der Waals surface area contributed by atoms with Crippen LogP contribution in [0.15, 0.2) is 30.4 Å². The molecule has 24 heavy (non-hydrogen) atoms. The van der Waals surface area contributed by atoms with Crippen molar-refractivity contribution in [2.24, 2.45) is 11.8 Å². The molecule has 0 N–H and O–H groups in total.